The molecule has 168 valence electrons. The molecule has 4 nitrogen and oxygen atoms in total. The summed E-state index contributed by atoms with van der Waals surface area (Å²) in [5.74, 6) is 0.198. The second-order valence-electron chi connectivity index (χ2n) is 7.35. The molecule has 1 heterocycles. The van der Waals surface area contributed by atoms with Gasteiger partial charge in [0.2, 0.25) is 0 Å². The summed E-state index contributed by atoms with van der Waals surface area (Å²) in [4.78, 5) is 0. The second-order valence-corrected chi connectivity index (χ2v) is 7.76. The number of alkyl halides is 4. The van der Waals surface area contributed by atoms with E-state index in [4.69, 9.17) is 12.2 Å². The lowest BCUT2D eigenvalue weighted by Gasteiger charge is -2.36. The van der Waals surface area contributed by atoms with Crippen molar-refractivity contribution in [3.8, 4) is 11.5 Å². The van der Waals surface area contributed by atoms with E-state index in [9.17, 15) is 17.6 Å². The van der Waals surface area contributed by atoms with E-state index in [0.29, 0.717) is 5.11 Å². The smallest absolute Gasteiger partial charge is 0.387 e. The molecule has 32 heavy (non-hydrogen) atoms. The van der Waals surface area contributed by atoms with Crippen molar-refractivity contribution in [2.24, 2.45) is 0 Å². The van der Waals surface area contributed by atoms with Crippen LogP contribution in [0.3, 0.4) is 0 Å². The number of halogens is 4. The maximum atomic E-state index is 12.4. The molecule has 0 aromatic heterocycles. The zero-order chi connectivity index (χ0) is 22.7. The Balaban J connectivity index is 1.62. The predicted octanol–water partition coefficient (Wildman–Crippen LogP) is 5.93. The molecule has 2 N–H and O–H groups in total. The van der Waals surface area contributed by atoms with E-state index in [2.05, 4.69) is 20.1 Å². The fraction of sp³-hybridized carbons (Fsp3) is 0.261. The van der Waals surface area contributed by atoms with E-state index in [1.54, 1.807) is 24.3 Å². The fourth-order valence-corrected chi connectivity index (χ4v) is 4.18. The highest BCUT2D eigenvalue weighted by Gasteiger charge is 2.30. The first-order valence-corrected chi connectivity index (χ1v) is 10.4. The van der Waals surface area contributed by atoms with E-state index < -0.39 is 13.2 Å². The SMILES string of the molecule is FC(F)Oc1ccc(/C=C2/CCCC3=C2NC(=S)NC3c2ccc(OC(F)F)cc2)cc1. The van der Waals surface area contributed by atoms with Crippen molar-refractivity contribution in [3.63, 3.8) is 0 Å². The first-order chi connectivity index (χ1) is 15.4. The third-order valence-corrected chi connectivity index (χ3v) is 5.50. The minimum Gasteiger partial charge on any atom is -0.435 e. The Bertz CT molecular complexity index is 1040. The molecule has 0 saturated heterocycles. The van der Waals surface area contributed by atoms with Crippen LogP contribution in [0.25, 0.3) is 6.08 Å². The summed E-state index contributed by atoms with van der Waals surface area (Å²) < 4.78 is 58.4. The molecule has 2 aromatic rings. The number of rotatable bonds is 6. The molecular weight excluding hydrogens is 444 g/mol. The molecule has 0 fully saturated rings. The predicted molar refractivity (Wildman–Crippen MR) is 117 cm³/mol. The van der Waals surface area contributed by atoms with Crippen molar-refractivity contribution in [3.05, 3.63) is 76.5 Å². The molecule has 0 spiro atoms. The summed E-state index contributed by atoms with van der Waals surface area (Å²) >= 11 is 5.41. The van der Waals surface area contributed by atoms with Crippen LogP contribution in [0.2, 0.25) is 0 Å². The van der Waals surface area contributed by atoms with Gasteiger partial charge in [-0.1, -0.05) is 24.3 Å². The first kappa shape index (κ1) is 22.1. The quantitative estimate of drug-likeness (QED) is 0.410. The van der Waals surface area contributed by atoms with E-state index in [-0.39, 0.29) is 17.5 Å². The zero-order valence-corrected chi connectivity index (χ0v) is 17.6. The Morgan fingerprint density at radius 3 is 2.06 bits per heavy atom. The lowest BCUT2D eigenvalue weighted by atomic mass is 9.83. The molecule has 1 atom stereocenters. The molecule has 9 heteroatoms. The van der Waals surface area contributed by atoms with Gasteiger partial charge in [-0.15, -0.1) is 0 Å². The van der Waals surface area contributed by atoms with Gasteiger partial charge in [0.05, 0.1) is 6.04 Å². The summed E-state index contributed by atoms with van der Waals surface area (Å²) in [6, 6.07) is 12.8. The van der Waals surface area contributed by atoms with Crippen LogP contribution in [-0.2, 0) is 0 Å². The Morgan fingerprint density at radius 1 is 0.875 bits per heavy atom. The van der Waals surface area contributed by atoms with Crippen molar-refractivity contribution in [2.75, 3.05) is 0 Å². The lowest BCUT2D eigenvalue weighted by Crippen LogP contribution is -2.45. The zero-order valence-electron chi connectivity index (χ0n) is 16.8. The Kier molecular flexibility index (Phi) is 6.64. The van der Waals surface area contributed by atoms with Crippen molar-refractivity contribution >= 4 is 23.4 Å². The standard InChI is InChI=1S/C23H20F4N2O2S/c24-21(25)30-16-8-4-13(5-9-16)12-15-2-1-3-18-19(28-23(32)29-20(15)18)14-6-10-17(11-7-14)31-22(26)27/h4-12,19,21-22H,1-3H2,(H2,28,29,32)/b15-12-. The van der Waals surface area contributed by atoms with Crippen LogP contribution >= 0.6 is 12.2 Å². The average Bonchev–Trinajstić information content (AvgIpc) is 2.75. The molecule has 0 radical (unpaired) electrons. The molecule has 0 amide bonds. The summed E-state index contributed by atoms with van der Waals surface area (Å²) in [7, 11) is 0. The molecule has 4 rings (SSSR count). The third-order valence-electron chi connectivity index (χ3n) is 5.28. The van der Waals surface area contributed by atoms with E-state index in [1.807, 2.05) is 6.08 Å². The van der Waals surface area contributed by atoms with E-state index >= 15 is 0 Å². The minimum absolute atomic E-state index is 0.0953. The molecule has 0 saturated carbocycles. The monoisotopic (exact) mass is 464 g/mol. The summed E-state index contributed by atoms with van der Waals surface area (Å²) in [5.41, 5.74) is 4.85. The van der Waals surface area contributed by atoms with E-state index in [0.717, 1.165) is 47.2 Å². The number of nitrogens with one attached hydrogen (secondary N) is 2. The highest BCUT2D eigenvalue weighted by atomic mass is 32.1. The van der Waals surface area contributed by atoms with E-state index in [1.165, 1.54) is 24.3 Å². The molecule has 0 bridgehead atoms. The highest BCUT2D eigenvalue weighted by Crippen LogP contribution is 2.39. The first-order valence-electron chi connectivity index (χ1n) is 10.00. The van der Waals surface area contributed by atoms with Gasteiger partial charge >= 0.3 is 13.2 Å². The van der Waals surface area contributed by atoms with Crippen LogP contribution in [0.5, 0.6) is 11.5 Å². The third kappa shape index (κ3) is 5.21. The Hall–Kier alpha value is -3.07. The molecule has 2 aliphatic rings. The minimum atomic E-state index is -2.87. The summed E-state index contributed by atoms with van der Waals surface area (Å²) in [5, 5.41) is 6.98. The van der Waals surface area contributed by atoms with Gasteiger partial charge in [-0.05, 0) is 84.1 Å². The van der Waals surface area contributed by atoms with Crippen LogP contribution < -0.4 is 20.1 Å². The largest absolute Gasteiger partial charge is 0.435 e. The summed E-state index contributed by atoms with van der Waals surface area (Å²) in [6.45, 7) is -5.74. The normalized spacial score (nSPS) is 19.6. The maximum Gasteiger partial charge on any atom is 0.387 e. The molecule has 1 aliphatic heterocycles. The average molecular weight is 464 g/mol. The number of thiocarbonyl (C=S) groups is 1. The van der Waals surface area contributed by atoms with Crippen LogP contribution in [0, 0.1) is 0 Å². The van der Waals surface area contributed by atoms with Crippen LogP contribution in [0.4, 0.5) is 17.6 Å². The molecule has 2 aromatic carbocycles. The van der Waals surface area contributed by atoms with Crippen molar-refractivity contribution in [1.29, 1.82) is 0 Å². The van der Waals surface area contributed by atoms with Crippen molar-refractivity contribution < 1.29 is 27.0 Å². The van der Waals surface area contributed by atoms with Gasteiger partial charge in [-0.3, -0.25) is 0 Å². The fourth-order valence-electron chi connectivity index (χ4n) is 3.96. The number of hydrogen-bond donors (Lipinski definition) is 2. The maximum absolute atomic E-state index is 12.4. The lowest BCUT2D eigenvalue weighted by molar-refractivity contribution is -0.0505. The number of ether oxygens (including phenoxy) is 2. The highest BCUT2D eigenvalue weighted by molar-refractivity contribution is 7.80. The number of hydrogen-bond acceptors (Lipinski definition) is 3. The number of benzene rings is 2. The topological polar surface area (TPSA) is 42.5 Å². The van der Waals surface area contributed by atoms with Crippen LogP contribution in [0.1, 0.15) is 36.4 Å². The Morgan fingerprint density at radius 2 is 1.47 bits per heavy atom. The van der Waals surface area contributed by atoms with Gasteiger partial charge < -0.3 is 20.1 Å². The van der Waals surface area contributed by atoms with Gasteiger partial charge in [-0.25, -0.2) is 0 Å². The van der Waals surface area contributed by atoms with Gasteiger partial charge in [0, 0.05) is 5.70 Å². The van der Waals surface area contributed by atoms with Crippen molar-refractivity contribution in [2.45, 2.75) is 38.5 Å². The van der Waals surface area contributed by atoms with Gasteiger partial charge in [0.25, 0.3) is 0 Å². The van der Waals surface area contributed by atoms with Gasteiger partial charge in [-0.2, -0.15) is 17.6 Å². The summed E-state index contributed by atoms with van der Waals surface area (Å²) in [6.07, 6.45) is 4.60. The van der Waals surface area contributed by atoms with Crippen molar-refractivity contribution in [1.82, 2.24) is 10.6 Å². The molecular formula is C23H20F4N2O2S. The molecule has 1 aliphatic carbocycles. The second kappa shape index (κ2) is 9.60. The van der Waals surface area contributed by atoms with Crippen LogP contribution in [-0.4, -0.2) is 18.3 Å². The Labute approximate surface area is 187 Å². The van der Waals surface area contributed by atoms with Gasteiger partial charge in [0.1, 0.15) is 11.5 Å². The molecule has 1 unspecified atom stereocenters. The van der Waals surface area contributed by atoms with Crippen LogP contribution in [0.15, 0.2) is 65.4 Å². The van der Waals surface area contributed by atoms with Gasteiger partial charge in [0.15, 0.2) is 5.11 Å². The number of allylic oxidation sites excluding steroid dienone is 1.